The summed E-state index contributed by atoms with van der Waals surface area (Å²) >= 11 is 6.23. The van der Waals surface area contributed by atoms with Crippen molar-refractivity contribution in [3.05, 3.63) is 16.4 Å². The zero-order chi connectivity index (χ0) is 14.6. The molecule has 4 nitrogen and oxygen atoms in total. The Kier molecular flexibility index (Phi) is 5.83. The number of nitrogens with zero attached hydrogens (tertiary/aromatic N) is 2. The third kappa shape index (κ3) is 5.13. The van der Waals surface area contributed by atoms with E-state index in [1.54, 1.807) is 0 Å². The molecule has 0 spiro atoms. The molecule has 110 valence electrons. The van der Waals surface area contributed by atoms with Gasteiger partial charge in [-0.3, -0.25) is 4.68 Å². The van der Waals surface area contributed by atoms with Crippen molar-refractivity contribution in [2.45, 2.75) is 60.2 Å². The minimum absolute atomic E-state index is 0.139. The molecule has 0 bridgehead atoms. The van der Waals surface area contributed by atoms with Crippen molar-refractivity contribution >= 4 is 11.6 Å². The molecule has 0 radical (unpaired) electrons. The second-order valence-electron chi connectivity index (χ2n) is 6.21. The Labute approximate surface area is 121 Å². The summed E-state index contributed by atoms with van der Waals surface area (Å²) in [5, 5.41) is 18.3. The summed E-state index contributed by atoms with van der Waals surface area (Å²) in [5.74, 6) is 0. The second kappa shape index (κ2) is 6.73. The summed E-state index contributed by atoms with van der Waals surface area (Å²) in [6.45, 7) is 12.3. The summed E-state index contributed by atoms with van der Waals surface area (Å²) in [6, 6.07) is 0. The van der Waals surface area contributed by atoms with Crippen molar-refractivity contribution in [1.82, 2.24) is 15.1 Å². The summed E-state index contributed by atoms with van der Waals surface area (Å²) in [7, 11) is 0. The molecule has 1 unspecified atom stereocenters. The Morgan fingerprint density at radius 2 is 2.05 bits per heavy atom. The topological polar surface area (TPSA) is 50.1 Å². The normalized spacial score (nSPS) is 13.8. The van der Waals surface area contributed by atoms with Crippen LogP contribution in [0.25, 0.3) is 0 Å². The fourth-order valence-corrected chi connectivity index (χ4v) is 2.38. The number of hydrogen-bond acceptors (Lipinski definition) is 3. The number of aromatic nitrogens is 2. The van der Waals surface area contributed by atoms with Crippen LogP contribution in [0.5, 0.6) is 0 Å². The third-order valence-electron chi connectivity index (χ3n) is 2.97. The molecule has 1 rings (SSSR count). The molecule has 5 heteroatoms. The molecular weight excluding hydrogens is 262 g/mol. The summed E-state index contributed by atoms with van der Waals surface area (Å²) in [5.41, 5.74) is 1.99. The first kappa shape index (κ1) is 16.5. The number of rotatable bonds is 6. The van der Waals surface area contributed by atoms with Crippen LogP contribution >= 0.6 is 11.6 Å². The Bertz CT molecular complexity index is 410. The number of aryl methyl sites for hydroxylation is 2. The van der Waals surface area contributed by atoms with Gasteiger partial charge < -0.3 is 10.4 Å². The lowest BCUT2D eigenvalue weighted by atomic mass is 9.89. The van der Waals surface area contributed by atoms with Gasteiger partial charge in [0.25, 0.3) is 0 Å². The molecule has 19 heavy (non-hydrogen) atoms. The number of nitrogens with one attached hydrogen (secondary N) is 1. The van der Waals surface area contributed by atoms with Gasteiger partial charge in [-0.2, -0.15) is 5.10 Å². The minimum atomic E-state index is -0.335. The fraction of sp³-hybridized carbons (Fsp3) is 0.786. The first-order chi connectivity index (χ1) is 8.74. The lowest BCUT2D eigenvalue weighted by molar-refractivity contribution is 0.119. The van der Waals surface area contributed by atoms with Gasteiger partial charge in [-0.15, -0.1) is 0 Å². The molecule has 1 aromatic rings. The van der Waals surface area contributed by atoms with Crippen LogP contribution in [-0.4, -0.2) is 27.5 Å². The molecule has 2 N–H and O–H groups in total. The summed E-state index contributed by atoms with van der Waals surface area (Å²) < 4.78 is 1.90. The molecule has 1 atom stereocenters. The SMILES string of the molecule is CCn1nc(C)c(Cl)c1CNCC(O)CC(C)(C)C. The molecule has 0 aliphatic rings. The highest BCUT2D eigenvalue weighted by atomic mass is 35.5. The maximum absolute atomic E-state index is 9.95. The Hall–Kier alpha value is -0.580. The highest BCUT2D eigenvalue weighted by molar-refractivity contribution is 6.31. The molecular formula is C14H26ClN3O. The standard InChI is InChI=1S/C14H26ClN3O/c1-6-18-12(13(15)10(2)17-18)9-16-8-11(19)7-14(3,4)5/h11,16,19H,6-9H2,1-5H3. The first-order valence-electron chi connectivity index (χ1n) is 6.85. The smallest absolute Gasteiger partial charge is 0.0860 e. The van der Waals surface area contributed by atoms with Gasteiger partial charge in [0.15, 0.2) is 0 Å². The van der Waals surface area contributed by atoms with E-state index in [-0.39, 0.29) is 11.5 Å². The van der Waals surface area contributed by atoms with Crippen LogP contribution in [0.15, 0.2) is 0 Å². The van der Waals surface area contributed by atoms with Crippen molar-refractivity contribution in [3.8, 4) is 0 Å². The van der Waals surface area contributed by atoms with Crippen molar-refractivity contribution in [3.63, 3.8) is 0 Å². The van der Waals surface area contributed by atoms with E-state index in [1.165, 1.54) is 0 Å². The molecule has 0 fully saturated rings. The zero-order valence-corrected chi connectivity index (χ0v) is 13.4. The summed E-state index contributed by atoms with van der Waals surface area (Å²) in [6.07, 6.45) is 0.442. The van der Waals surface area contributed by atoms with Crippen LogP contribution in [0.1, 0.15) is 45.5 Å². The predicted molar refractivity (Wildman–Crippen MR) is 79.4 cm³/mol. The van der Waals surface area contributed by atoms with Crippen LogP contribution in [0.4, 0.5) is 0 Å². The van der Waals surface area contributed by atoms with E-state index in [9.17, 15) is 5.11 Å². The Morgan fingerprint density at radius 3 is 2.58 bits per heavy atom. The van der Waals surface area contributed by atoms with Crippen LogP contribution in [0, 0.1) is 12.3 Å². The average molecular weight is 288 g/mol. The van der Waals surface area contributed by atoms with E-state index in [1.807, 2.05) is 18.5 Å². The van der Waals surface area contributed by atoms with Crippen LogP contribution in [-0.2, 0) is 13.1 Å². The molecule has 1 heterocycles. The molecule has 1 aromatic heterocycles. The number of aliphatic hydroxyl groups is 1. The van der Waals surface area contributed by atoms with Gasteiger partial charge in [0.05, 0.1) is 22.5 Å². The molecule has 0 aliphatic carbocycles. The van der Waals surface area contributed by atoms with Crippen molar-refractivity contribution in [2.24, 2.45) is 5.41 Å². The lowest BCUT2D eigenvalue weighted by Gasteiger charge is -2.22. The van der Waals surface area contributed by atoms with Crippen LogP contribution < -0.4 is 5.32 Å². The van der Waals surface area contributed by atoms with Crippen molar-refractivity contribution < 1.29 is 5.11 Å². The van der Waals surface area contributed by atoms with E-state index < -0.39 is 0 Å². The minimum Gasteiger partial charge on any atom is -0.392 e. The molecule has 0 saturated heterocycles. The number of hydrogen-bond donors (Lipinski definition) is 2. The number of halogens is 1. The van der Waals surface area contributed by atoms with Gasteiger partial charge in [0.1, 0.15) is 0 Å². The molecule has 0 saturated carbocycles. The van der Waals surface area contributed by atoms with Crippen molar-refractivity contribution in [1.29, 1.82) is 0 Å². The molecule has 0 aliphatic heterocycles. The fourth-order valence-electron chi connectivity index (χ4n) is 2.17. The third-order valence-corrected chi connectivity index (χ3v) is 3.46. The highest BCUT2D eigenvalue weighted by Gasteiger charge is 2.17. The Morgan fingerprint density at radius 1 is 1.42 bits per heavy atom. The van der Waals surface area contributed by atoms with E-state index >= 15 is 0 Å². The van der Waals surface area contributed by atoms with E-state index in [2.05, 4.69) is 31.2 Å². The van der Waals surface area contributed by atoms with Gasteiger partial charge in [-0.1, -0.05) is 32.4 Å². The quantitative estimate of drug-likeness (QED) is 0.846. The van der Waals surface area contributed by atoms with Gasteiger partial charge >= 0.3 is 0 Å². The first-order valence-corrected chi connectivity index (χ1v) is 7.23. The highest BCUT2D eigenvalue weighted by Crippen LogP contribution is 2.21. The monoisotopic (exact) mass is 287 g/mol. The molecule has 0 amide bonds. The molecule has 0 aromatic carbocycles. The van der Waals surface area contributed by atoms with Crippen LogP contribution in [0.2, 0.25) is 5.02 Å². The summed E-state index contributed by atoms with van der Waals surface area (Å²) in [4.78, 5) is 0. The van der Waals surface area contributed by atoms with E-state index in [4.69, 9.17) is 11.6 Å². The maximum Gasteiger partial charge on any atom is 0.0860 e. The maximum atomic E-state index is 9.95. The lowest BCUT2D eigenvalue weighted by Crippen LogP contribution is -2.30. The van der Waals surface area contributed by atoms with Crippen molar-refractivity contribution in [2.75, 3.05) is 6.54 Å². The largest absolute Gasteiger partial charge is 0.392 e. The predicted octanol–water partition coefficient (Wildman–Crippen LogP) is 2.75. The van der Waals surface area contributed by atoms with E-state index in [0.717, 1.165) is 29.4 Å². The van der Waals surface area contributed by atoms with Crippen LogP contribution in [0.3, 0.4) is 0 Å². The zero-order valence-electron chi connectivity index (χ0n) is 12.6. The van der Waals surface area contributed by atoms with E-state index in [0.29, 0.717) is 13.1 Å². The van der Waals surface area contributed by atoms with Gasteiger partial charge in [0, 0.05) is 19.6 Å². The average Bonchev–Trinajstić information content (AvgIpc) is 2.54. The second-order valence-corrected chi connectivity index (χ2v) is 6.59. The van der Waals surface area contributed by atoms with Gasteiger partial charge in [-0.05, 0) is 25.7 Å². The van der Waals surface area contributed by atoms with Gasteiger partial charge in [-0.25, -0.2) is 0 Å². The Balaban J connectivity index is 2.49. The van der Waals surface area contributed by atoms with Gasteiger partial charge in [0.2, 0.25) is 0 Å². The number of aliphatic hydroxyl groups excluding tert-OH is 1.